The van der Waals surface area contributed by atoms with E-state index in [2.05, 4.69) is 0 Å². The summed E-state index contributed by atoms with van der Waals surface area (Å²) >= 11 is 1.66. The van der Waals surface area contributed by atoms with Crippen LogP contribution in [0.4, 0.5) is 0 Å². The molecule has 1 aliphatic heterocycles. The third-order valence-electron chi connectivity index (χ3n) is 4.87. The van der Waals surface area contributed by atoms with E-state index >= 15 is 0 Å². The third kappa shape index (κ3) is 2.51. The van der Waals surface area contributed by atoms with Crippen LogP contribution in [0.1, 0.15) is 31.8 Å². The first kappa shape index (κ1) is 16.0. The van der Waals surface area contributed by atoms with E-state index in [-0.39, 0.29) is 17.1 Å². The second-order valence-electron chi connectivity index (χ2n) is 6.47. The Bertz CT molecular complexity index is 1130. The number of benzene rings is 3. The summed E-state index contributed by atoms with van der Waals surface area (Å²) < 4.78 is 0. The average molecular weight is 366 g/mol. The number of fused-ring (bicyclic) bond motifs is 2. The van der Waals surface area contributed by atoms with Crippen LogP contribution in [0.25, 0.3) is 10.5 Å². The maximum Gasteiger partial charge on any atom is 0.198 e. The molecule has 27 heavy (non-hydrogen) atoms. The molecule has 0 N–H and O–H groups in total. The molecule has 128 valence electrons. The highest BCUT2D eigenvalue weighted by Gasteiger charge is 2.36. The van der Waals surface area contributed by atoms with Gasteiger partial charge in [-0.3, -0.25) is 9.59 Å². The van der Waals surface area contributed by atoms with E-state index in [0.29, 0.717) is 11.1 Å². The molecule has 1 heterocycles. The number of thioether (sulfide) groups is 1. The molecule has 3 aromatic carbocycles. The number of hydrogen-bond acceptors (Lipinski definition) is 3. The lowest BCUT2D eigenvalue weighted by atomic mass is 9.95. The number of carbonyl (C=O) groups excluding carboxylic acids is 2. The second-order valence-corrected chi connectivity index (χ2v) is 7.55. The summed E-state index contributed by atoms with van der Waals surface area (Å²) in [6, 6.07) is 25.0. The van der Waals surface area contributed by atoms with Gasteiger partial charge in [-0.25, -0.2) is 0 Å². The van der Waals surface area contributed by atoms with Crippen molar-refractivity contribution in [1.29, 1.82) is 0 Å². The lowest BCUT2D eigenvalue weighted by Gasteiger charge is -2.20. The minimum Gasteiger partial charge on any atom is -0.288 e. The molecule has 0 fully saturated rings. The van der Waals surface area contributed by atoms with Crippen molar-refractivity contribution in [2.45, 2.75) is 4.90 Å². The summed E-state index contributed by atoms with van der Waals surface area (Å²) in [4.78, 5) is 28.2. The van der Waals surface area contributed by atoms with Crippen LogP contribution < -0.4 is 0 Å². The number of allylic oxidation sites excluding steroid dienone is 3. The molecule has 2 nitrogen and oxygen atoms in total. The van der Waals surface area contributed by atoms with E-state index < -0.39 is 0 Å². The summed E-state index contributed by atoms with van der Waals surface area (Å²) in [6.45, 7) is 0. The Kier molecular flexibility index (Phi) is 3.69. The summed E-state index contributed by atoms with van der Waals surface area (Å²) in [6.07, 6.45) is 1.99. The molecule has 3 aromatic rings. The molecule has 0 saturated heterocycles. The Hall–Kier alpha value is -3.17. The van der Waals surface area contributed by atoms with Crippen LogP contribution in [0.2, 0.25) is 0 Å². The van der Waals surface area contributed by atoms with Crippen molar-refractivity contribution in [2.24, 2.45) is 0 Å². The van der Waals surface area contributed by atoms with Crippen molar-refractivity contribution in [2.75, 3.05) is 0 Å². The van der Waals surface area contributed by atoms with Crippen LogP contribution in [0, 0.1) is 0 Å². The molecule has 0 bridgehead atoms. The van der Waals surface area contributed by atoms with Gasteiger partial charge in [-0.1, -0.05) is 84.6 Å². The first-order valence-electron chi connectivity index (χ1n) is 8.71. The summed E-state index contributed by atoms with van der Waals surface area (Å²) in [5, 5.41) is 0. The number of hydrogen-bond donors (Lipinski definition) is 0. The SMILES string of the molecule is O=C1C(=C2C=C(c3ccccc3)Sc3ccccc32)C(=O)c2ccccc21. The molecule has 5 rings (SSSR count). The van der Waals surface area contributed by atoms with E-state index in [1.54, 1.807) is 36.0 Å². The molecule has 0 aromatic heterocycles. The van der Waals surface area contributed by atoms with Gasteiger partial charge >= 0.3 is 0 Å². The highest BCUT2D eigenvalue weighted by molar-refractivity contribution is 8.08. The molecule has 0 atom stereocenters. The van der Waals surface area contributed by atoms with Gasteiger partial charge in [-0.05, 0) is 28.8 Å². The molecule has 3 heteroatoms. The molecule has 0 spiro atoms. The quantitative estimate of drug-likeness (QED) is 0.411. The van der Waals surface area contributed by atoms with Crippen LogP contribution in [-0.2, 0) is 0 Å². The van der Waals surface area contributed by atoms with Gasteiger partial charge in [0.15, 0.2) is 11.6 Å². The van der Waals surface area contributed by atoms with Crippen LogP contribution in [0.3, 0.4) is 0 Å². The fraction of sp³-hybridized carbons (Fsp3) is 0. The van der Waals surface area contributed by atoms with E-state index in [1.807, 2.05) is 60.7 Å². The van der Waals surface area contributed by atoms with E-state index in [9.17, 15) is 9.59 Å². The molecule has 0 saturated carbocycles. The van der Waals surface area contributed by atoms with Crippen molar-refractivity contribution in [3.63, 3.8) is 0 Å². The van der Waals surface area contributed by atoms with Gasteiger partial charge in [0.2, 0.25) is 0 Å². The first-order valence-corrected chi connectivity index (χ1v) is 9.53. The van der Waals surface area contributed by atoms with Crippen molar-refractivity contribution in [3.8, 4) is 0 Å². The maximum absolute atomic E-state index is 13.0. The highest BCUT2D eigenvalue weighted by Crippen LogP contribution is 2.46. The van der Waals surface area contributed by atoms with Crippen molar-refractivity contribution in [1.82, 2.24) is 0 Å². The van der Waals surface area contributed by atoms with Crippen LogP contribution >= 0.6 is 11.8 Å². The number of rotatable bonds is 1. The first-order chi connectivity index (χ1) is 13.2. The normalized spacial score (nSPS) is 15.5. The average Bonchev–Trinajstić information content (AvgIpc) is 2.98. The standard InChI is InChI=1S/C24H14O2S/c25-23-17-11-4-5-12-18(17)24(26)22(23)19-14-21(15-8-2-1-3-9-15)27-20-13-7-6-10-16(19)20/h1-14H. The molecule has 2 aliphatic rings. The number of carbonyl (C=O) groups is 2. The Labute approximate surface area is 161 Å². The third-order valence-corrected chi connectivity index (χ3v) is 6.02. The van der Waals surface area contributed by atoms with E-state index in [1.165, 1.54) is 0 Å². The summed E-state index contributed by atoms with van der Waals surface area (Å²) in [5.74, 6) is -0.369. The van der Waals surface area contributed by atoms with Crippen LogP contribution in [0.15, 0.2) is 95.4 Å². The zero-order valence-electron chi connectivity index (χ0n) is 14.3. The topological polar surface area (TPSA) is 34.1 Å². The van der Waals surface area contributed by atoms with Crippen molar-refractivity contribution in [3.05, 3.63) is 113 Å². The maximum atomic E-state index is 13.0. The monoisotopic (exact) mass is 366 g/mol. The Morgan fingerprint density at radius 1 is 0.593 bits per heavy atom. The van der Waals surface area contributed by atoms with Gasteiger partial charge < -0.3 is 0 Å². The predicted molar refractivity (Wildman–Crippen MR) is 109 cm³/mol. The molecule has 0 amide bonds. The van der Waals surface area contributed by atoms with Gasteiger partial charge in [-0.2, -0.15) is 0 Å². The molecule has 0 radical (unpaired) electrons. The van der Waals surface area contributed by atoms with Gasteiger partial charge in [0, 0.05) is 20.9 Å². The predicted octanol–water partition coefficient (Wildman–Crippen LogP) is 5.67. The Morgan fingerprint density at radius 2 is 1.15 bits per heavy atom. The zero-order chi connectivity index (χ0) is 18.4. The minimum atomic E-state index is -0.184. The Balaban J connectivity index is 1.78. The summed E-state index contributed by atoms with van der Waals surface area (Å²) in [7, 11) is 0. The lowest BCUT2D eigenvalue weighted by molar-refractivity contribution is 0.0990. The number of Topliss-reactive ketones (excluding diaryl/α,β-unsaturated/α-hetero) is 2. The van der Waals surface area contributed by atoms with Crippen molar-refractivity contribution < 1.29 is 9.59 Å². The molecular formula is C24H14O2S. The zero-order valence-corrected chi connectivity index (χ0v) is 15.1. The van der Waals surface area contributed by atoms with Gasteiger partial charge in [0.1, 0.15) is 0 Å². The van der Waals surface area contributed by atoms with Gasteiger partial charge in [0.05, 0.1) is 5.57 Å². The van der Waals surface area contributed by atoms with E-state index in [0.717, 1.165) is 26.5 Å². The van der Waals surface area contributed by atoms with Crippen molar-refractivity contribution >= 4 is 33.8 Å². The second kappa shape index (κ2) is 6.22. The fourth-order valence-corrected chi connectivity index (χ4v) is 4.68. The van der Waals surface area contributed by atoms with Gasteiger partial charge in [-0.15, -0.1) is 0 Å². The largest absolute Gasteiger partial charge is 0.288 e. The van der Waals surface area contributed by atoms with Crippen LogP contribution in [0.5, 0.6) is 0 Å². The highest BCUT2D eigenvalue weighted by atomic mass is 32.2. The fourth-order valence-electron chi connectivity index (χ4n) is 3.58. The molecule has 0 unspecified atom stereocenters. The van der Waals surface area contributed by atoms with Gasteiger partial charge in [0.25, 0.3) is 0 Å². The minimum absolute atomic E-state index is 0.184. The number of ketones is 2. The molecular weight excluding hydrogens is 352 g/mol. The van der Waals surface area contributed by atoms with E-state index in [4.69, 9.17) is 0 Å². The summed E-state index contributed by atoms with van der Waals surface area (Å²) in [5.41, 5.74) is 4.00. The smallest absolute Gasteiger partial charge is 0.198 e. The van der Waals surface area contributed by atoms with Crippen LogP contribution in [-0.4, -0.2) is 11.6 Å². The lowest BCUT2D eigenvalue weighted by Crippen LogP contribution is -2.07. The Morgan fingerprint density at radius 3 is 1.81 bits per heavy atom. The molecule has 1 aliphatic carbocycles.